The molecule has 0 unspecified atom stereocenters. The number of rotatable bonds is 6. The summed E-state index contributed by atoms with van der Waals surface area (Å²) in [6.45, 7) is 3.62. The number of nitrogens with zero attached hydrogens (tertiary/aromatic N) is 4. The van der Waals surface area contributed by atoms with Gasteiger partial charge in [-0.1, -0.05) is 24.3 Å². The summed E-state index contributed by atoms with van der Waals surface area (Å²) in [6, 6.07) is 16.0. The van der Waals surface area contributed by atoms with Gasteiger partial charge >= 0.3 is 0 Å². The molecular formula is C27H26N4O4. The number of carbonyl (C=O) groups excluding carboxylic acids is 3. The molecule has 3 heterocycles. The lowest BCUT2D eigenvalue weighted by atomic mass is 10.1. The van der Waals surface area contributed by atoms with E-state index < -0.39 is 0 Å². The fourth-order valence-electron chi connectivity index (χ4n) is 4.62. The van der Waals surface area contributed by atoms with Crippen LogP contribution in [0.25, 0.3) is 0 Å². The average molecular weight is 471 g/mol. The Labute approximate surface area is 203 Å². The quantitative estimate of drug-likeness (QED) is 0.516. The molecule has 0 N–H and O–H groups in total. The van der Waals surface area contributed by atoms with Crippen LogP contribution < -0.4 is 4.74 Å². The second-order valence-electron chi connectivity index (χ2n) is 8.71. The predicted molar refractivity (Wildman–Crippen MR) is 129 cm³/mol. The van der Waals surface area contributed by atoms with Crippen LogP contribution >= 0.6 is 0 Å². The molecule has 35 heavy (non-hydrogen) atoms. The number of methoxy groups -OCH3 is 1. The Morgan fingerprint density at radius 1 is 0.886 bits per heavy atom. The first-order valence-corrected chi connectivity index (χ1v) is 11.6. The maximum Gasteiger partial charge on any atom is 0.261 e. The number of amides is 3. The predicted octanol–water partition coefficient (Wildman–Crippen LogP) is 2.84. The number of benzene rings is 2. The summed E-state index contributed by atoms with van der Waals surface area (Å²) in [5, 5.41) is 0. The van der Waals surface area contributed by atoms with Gasteiger partial charge < -0.3 is 9.64 Å². The number of fused-ring (bicyclic) bond motifs is 1. The summed E-state index contributed by atoms with van der Waals surface area (Å²) < 4.78 is 5.46. The zero-order valence-corrected chi connectivity index (χ0v) is 19.5. The molecule has 2 aromatic carbocycles. The molecule has 0 saturated carbocycles. The first-order valence-electron chi connectivity index (χ1n) is 11.6. The maximum absolute atomic E-state index is 13.4. The molecule has 0 spiro atoms. The summed E-state index contributed by atoms with van der Waals surface area (Å²) >= 11 is 0. The van der Waals surface area contributed by atoms with Crippen LogP contribution in [0.15, 0.2) is 67.0 Å². The number of aromatic nitrogens is 1. The molecule has 2 aliphatic rings. The van der Waals surface area contributed by atoms with E-state index in [4.69, 9.17) is 4.74 Å². The van der Waals surface area contributed by atoms with Crippen molar-refractivity contribution in [3.05, 3.63) is 94.8 Å². The monoisotopic (exact) mass is 470 g/mol. The van der Waals surface area contributed by atoms with E-state index in [1.54, 1.807) is 48.7 Å². The second kappa shape index (κ2) is 9.68. The summed E-state index contributed by atoms with van der Waals surface area (Å²) in [4.78, 5) is 48.4. The normalized spacial score (nSPS) is 15.9. The Kier molecular flexibility index (Phi) is 6.29. The number of hydrogen-bond donors (Lipinski definition) is 0. The number of ether oxygens (including phenoxy) is 1. The molecule has 5 rings (SSSR count). The minimum atomic E-state index is -0.320. The third-order valence-corrected chi connectivity index (χ3v) is 6.50. The first-order chi connectivity index (χ1) is 17.0. The highest BCUT2D eigenvalue weighted by molar-refractivity contribution is 6.21. The van der Waals surface area contributed by atoms with Gasteiger partial charge in [-0.15, -0.1) is 0 Å². The third kappa shape index (κ3) is 4.52. The van der Waals surface area contributed by atoms with Crippen molar-refractivity contribution >= 4 is 17.7 Å². The van der Waals surface area contributed by atoms with Gasteiger partial charge in [-0.05, 0) is 41.5 Å². The van der Waals surface area contributed by atoms with E-state index in [-0.39, 0.29) is 24.3 Å². The summed E-state index contributed by atoms with van der Waals surface area (Å²) in [5.41, 5.74) is 3.09. The van der Waals surface area contributed by atoms with Crippen molar-refractivity contribution in [1.82, 2.24) is 19.7 Å². The van der Waals surface area contributed by atoms with Crippen molar-refractivity contribution in [3.63, 3.8) is 0 Å². The van der Waals surface area contributed by atoms with Crippen LogP contribution in [-0.2, 0) is 13.1 Å². The molecule has 0 radical (unpaired) electrons. The van der Waals surface area contributed by atoms with Crippen molar-refractivity contribution in [2.24, 2.45) is 0 Å². The Morgan fingerprint density at radius 2 is 1.60 bits per heavy atom. The average Bonchev–Trinajstić information content (AvgIpc) is 3.14. The van der Waals surface area contributed by atoms with E-state index in [9.17, 15) is 14.4 Å². The van der Waals surface area contributed by atoms with E-state index >= 15 is 0 Å². The summed E-state index contributed by atoms with van der Waals surface area (Å²) in [7, 11) is 1.53. The molecule has 0 aliphatic carbocycles. The molecule has 3 amide bonds. The molecule has 0 atom stereocenters. The molecule has 8 heteroatoms. The van der Waals surface area contributed by atoms with Gasteiger partial charge in [-0.3, -0.25) is 29.2 Å². The molecular weight excluding hydrogens is 444 g/mol. The topological polar surface area (TPSA) is 83.0 Å². The van der Waals surface area contributed by atoms with Crippen molar-refractivity contribution in [2.45, 2.75) is 13.1 Å². The van der Waals surface area contributed by atoms with Crippen LogP contribution in [-0.4, -0.2) is 70.7 Å². The molecule has 1 saturated heterocycles. The number of hydrogen-bond acceptors (Lipinski definition) is 6. The molecule has 8 nitrogen and oxygen atoms in total. The Morgan fingerprint density at radius 3 is 2.23 bits per heavy atom. The van der Waals surface area contributed by atoms with Crippen molar-refractivity contribution in [2.75, 3.05) is 33.3 Å². The van der Waals surface area contributed by atoms with Crippen LogP contribution in [0.1, 0.15) is 42.2 Å². The van der Waals surface area contributed by atoms with Gasteiger partial charge in [-0.2, -0.15) is 0 Å². The molecule has 1 aromatic heterocycles. The smallest absolute Gasteiger partial charge is 0.261 e. The largest absolute Gasteiger partial charge is 0.496 e. The lowest BCUT2D eigenvalue weighted by Gasteiger charge is -2.35. The SMILES string of the molecule is COc1ccc(CN2C(=O)c3ccccc3C2=O)cc1C(=O)N1CCN(Cc2cccnc2)CC1. The maximum atomic E-state index is 13.4. The molecule has 0 bridgehead atoms. The summed E-state index contributed by atoms with van der Waals surface area (Å²) in [6.07, 6.45) is 3.62. The van der Waals surface area contributed by atoms with Gasteiger partial charge in [0.15, 0.2) is 0 Å². The third-order valence-electron chi connectivity index (χ3n) is 6.50. The fourth-order valence-corrected chi connectivity index (χ4v) is 4.62. The first kappa shape index (κ1) is 22.7. The van der Waals surface area contributed by atoms with Crippen LogP contribution in [0.2, 0.25) is 0 Å². The van der Waals surface area contributed by atoms with Gasteiger partial charge in [0.05, 0.1) is 30.3 Å². The molecule has 1 fully saturated rings. The van der Waals surface area contributed by atoms with Crippen LogP contribution in [0.4, 0.5) is 0 Å². The van der Waals surface area contributed by atoms with Crippen LogP contribution in [0.3, 0.4) is 0 Å². The molecule has 178 valence electrons. The van der Waals surface area contributed by atoms with Gasteiger partial charge in [0.2, 0.25) is 0 Å². The van der Waals surface area contributed by atoms with Gasteiger partial charge in [0.25, 0.3) is 17.7 Å². The van der Waals surface area contributed by atoms with Crippen molar-refractivity contribution < 1.29 is 19.1 Å². The van der Waals surface area contributed by atoms with E-state index in [1.165, 1.54) is 12.0 Å². The van der Waals surface area contributed by atoms with E-state index in [2.05, 4.69) is 16.0 Å². The summed E-state index contributed by atoms with van der Waals surface area (Å²) in [5.74, 6) is -0.288. The van der Waals surface area contributed by atoms with Crippen LogP contribution in [0.5, 0.6) is 5.75 Å². The van der Waals surface area contributed by atoms with Gasteiger partial charge in [0, 0.05) is 45.1 Å². The van der Waals surface area contributed by atoms with Crippen molar-refractivity contribution in [3.8, 4) is 5.75 Å². The number of carbonyl (C=O) groups is 3. The lowest BCUT2D eigenvalue weighted by Crippen LogP contribution is -2.48. The minimum Gasteiger partial charge on any atom is -0.496 e. The Hall–Kier alpha value is -4.04. The van der Waals surface area contributed by atoms with E-state index in [0.29, 0.717) is 41.1 Å². The molecule has 2 aliphatic heterocycles. The lowest BCUT2D eigenvalue weighted by molar-refractivity contribution is 0.0623. The highest BCUT2D eigenvalue weighted by Crippen LogP contribution is 2.27. The second-order valence-corrected chi connectivity index (χ2v) is 8.71. The van der Waals surface area contributed by atoms with Gasteiger partial charge in [0.1, 0.15) is 5.75 Å². The minimum absolute atomic E-state index is 0.0928. The standard InChI is InChI=1S/C27H26N4O4/c1-35-24-9-8-19(18-31-26(33)21-6-2-3-7-22(21)27(31)34)15-23(24)25(32)30-13-11-29(12-14-30)17-20-5-4-10-28-16-20/h2-10,15-16H,11-14,17-18H2,1H3. The Bertz CT molecular complexity index is 1230. The highest BCUT2D eigenvalue weighted by atomic mass is 16.5. The number of piperazine rings is 1. The number of pyridine rings is 1. The van der Waals surface area contributed by atoms with Gasteiger partial charge in [-0.25, -0.2) is 0 Å². The fraction of sp³-hybridized carbons (Fsp3) is 0.259. The van der Waals surface area contributed by atoms with Crippen LogP contribution in [0, 0.1) is 0 Å². The van der Waals surface area contributed by atoms with E-state index in [0.717, 1.165) is 25.2 Å². The van der Waals surface area contributed by atoms with Crippen molar-refractivity contribution in [1.29, 1.82) is 0 Å². The zero-order valence-electron chi connectivity index (χ0n) is 19.5. The number of imide groups is 1. The highest BCUT2D eigenvalue weighted by Gasteiger charge is 2.35. The Balaban J connectivity index is 1.28. The van der Waals surface area contributed by atoms with E-state index in [1.807, 2.05) is 17.2 Å². The zero-order chi connectivity index (χ0) is 24.4. The molecule has 3 aromatic rings.